The second-order valence-corrected chi connectivity index (χ2v) is 4.52. The second kappa shape index (κ2) is 4.72. The Morgan fingerprint density at radius 2 is 2.06 bits per heavy atom. The van der Waals surface area contributed by atoms with E-state index in [0.29, 0.717) is 5.69 Å². The summed E-state index contributed by atoms with van der Waals surface area (Å²) < 4.78 is 15.0. The van der Waals surface area contributed by atoms with Gasteiger partial charge in [0.25, 0.3) is 0 Å². The van der Waals surface area contributed by atoms with Crippen molar-refractivity contribution >= 4 is 5.78 Å². The lowest BCUT2D eigenvalue weighted by Crippen LogP contribution is -2.06. The average molecular weight is 246 g/mol. The van der Waals surface area contributed by atoms with Gasteiger partial charge in [-0.2, -0.15) is 5.10 Å². The summed E-state index contributed by atoms with van der Waals surface area (Å²) in [6, 6.07) is 8.11. The molecule has 1 aromatic carbocycles. The van der Waals surface area contributed by atoms with Gasteiger partial charge in [0.2, 0.25) is 0 Å². The van der Waals surface area contributed by atoms with E-state index in [-0.39, 0.29) is 17.6 Å². The molecule has 0 saturated carbocycles. The maximum atomic E-state index is 13.3. The van der Waals surface area contributed by atoms with Crippen LogP contribution in [0.2, 0.25) is 0 Å². The van der Waals surface area contributed by atoms with Crippen molar-refractivity contribution in [1.82, 2.24) is 9.78 Å². The summed E-state index contributed by atoms with van der Waals surface area (Å²) in [7, 11) is 0. The van der Waals surface area contributed by atoms with Crippen LogP contribution < -0.4 is 0 Å². The summed E-state index contributed by atoms with van der Waals surface area (Å²) >= 11 is 0. The molecule has 18 heavy (non-hydrogen) atoms. The van der Waals surface area contributed by atoms with E-state index in [1.807, 2.05) is 19.9 Å². The molecule has 0 bridgehead atoms. The van der Waals surface area contributed by atoms with Crippen LogP contribution >= 0.6 is 0 Å². The number of carbonyl (C=O) groups is 1. The summed E-state index contributed by atoms with van der Waals surface area (Å²) in [4.78, 5) is 11.4. The maximum absolute atomic E-state index is 13.3. The Kier molecular flexibility index (Phi) is 3.28. The minimum absolute atomic E-state index is 0.0907. The predicted molar refractivity (Wildman–Crippen MR) is 68.0 cm³/mol. The van der Waals surface area contributed by atoms with E-state index < -0.39 is 0 Å². The number of hydrogen-bond acceptors (Lipinski definition) is 2. The molecule has 2 aromatic rings. The fourth-order valence-corrected chi connectivity index (χ4v) is 1.82. The second-order valence-electron chi connectivity index (χ2n) is 4.52. The van der Waals surface area contributed by atoms with Crippen LogP contribution in [0.4, 0.5) is 4.39 Å². The molecule has 0 amide bonds. The van der Waals surface area contributed by atoms with Crippen molar-refractivity contribution in [2.45, 2.75) is 26.8 Å². The molecule has 0 N–H and O–H groups in total. The number of aromatic nitrogens is 2. The summed E-state index contributed by atoms with van der Waals surface area (Å²) in [5.74, 6) is -0.388. The summed E-state index contributed by atoms with van der Waals surface area (Å²) in [6.45, 7) is 5.42. The summed E-state index contributed by atoms with van der Waals surface area (Å²) in [5.41, 5.74) is 1.89. The van der Waals surface area contributed by atoms with Crippen LogP contribution in [0.25, 0.3) is 11.3 Å². The Morgan fingerprint density at radius 1 is 1.33 bits per heavy atom. The van der Waals surface area contributed by atoms with Gasteiger partial charge in [0.1, 0.15) is 11.5 Å². The highest BCUT2D eigenvalue weighted by molar-refractivity contribution is 5.93. The Labute approximate surface area is 105 Å². The van der Waals surface area contributed by atoms with Crippen molar-refractivity contribution in [2.24, 2.45) is 0 Å². The van der Waals surface area contributed by atoms with E-state index in [4.69, 9.17) is 0 Å². The van der Waals surface area contributed by atoms with E-state index in [0.717, 1.165) is 11.3 Å². The SMILES string of the molecule is CC(=O)c1cc(-c2cccc(F)c2)n(C(C)C)n1. The number of halogens is 1. The van der Waals surface area contributed by atoms with Crippen molar-refractivity contribution < 1.29 is 9.18 Å². The average Bonchev–Trinajstić information content (AvgIpc) is 2.73. The van der Waals surface area contributed by atoms with Gasteiger partial charge in [-0.05, 0) is 32.0 Å². The minimum Gasteiger partial charge on any atom is -0.293 e. The molecule has 0 fully saturated rings. The lowest BCUT2D eigenvalue weighted by atomic mass is 10.1. The van der Waals surface area contributed by atoms with Gasteiger partial charge >= 0.3 is 0 Å². The first kappa shape index (κ1) is 12.5. The molecule has 1 heterocycles. The Bertz CT molecular complexity index is 587. The van der Waals surface area contributed by atoms with Crippen molar-refractivity contribution in [3.63, 3.8) is 0 Å². The third-order valence-corrected chi connectivity index (χ3v) is 2.71. The molecule has 0 aliphatic carbocycles. The largest absolute Gasteiger partial charge is 0.293 e. The monoisotopic (exact) mass is 246 g/mol. The van der Waals surface area contributed by atoms with Gasteiger partial charge in [0.05, 0.1) is 5.69 Å². The molecular formula is C14H15FN2O. The summed E-state index contributed by atoms with van der Waals surface area (Å²) in [6.07, 6.45) is 0. The molecule has 0 atom stereocenters. The highest BCUT2D eigenvalue weighted by atomic mass is 19.1. The van der Waals surface area contributed by atoms with Gasteiger partial charge in [-0.15, -0.1) is 0 Å². The van der Waals surface area contributed by atoms with Crippen LogP contribution in [0, 0.1) is 5.82 Å². The fourth-order valence-electron chi connectivity index (χ4n) is 1.82. The van der Waals surface area contributed by atoms with E-state index in [9.17, 15) is 9.18 Å². The lowest BCUT2D eigenvalue weighted by Gasteiger charge is -2.10. The molecular weight excluding hydrogens is 231 g/mol. The van der Waals surface area contributed by atoms with Crippen LogP contribution in [0.15, 0.2) is 30.3 Å². The van der Waals surface area contributed by atoms with E-state index >= 15 is 0 Å². The molecule has 0 saturated heterocycles. The van der Waals surface area contributed by atoms with Gasteiger partial charge in [0.15, 0.2) is 5.78 Å². The molecule has 0 spiro atoms. The van der Waals surface area contributed by atoms with Crippen molar-refractivity contribution in [3.8, 4) is 11.3 Å². The van der Waals surface area contributed by atoms with Crippen LogP contribution in [0.1, 0.15) is 37.3 Å². The van der Waals surface area contributed by atoms with Crippen LogP contribution in [-0.4, -0.2) is 15.6 Å². The molecule has 94 valence electrons. The molecule has 0 aliphatic heterocycles. The number of nitrogens with zero attached hydrogens (tertiary/aromatic N) is 2. The molecule has 1 aromatic heterocycles. The number of benzene rings is 1. The first-order valence-corrected chi connectivity index (χ1v) is 5.85. The first-order valence-electron chi connectivity index (χ1n) is 5.85. The fraction of sp³-hybridized carbons (Fsp3) is 0.286. The van der Waals surface area contributed by atoms with Crippen LogP contribution in [0.3, 0.4) is 0 Å². The zero-order valence-corrected chi connectivity index (χ0v) is 10.6. The predicted octanol–water partition coefficient (Wildman–Crippen LogP) is 3.47. The van der Waals surface area contributed by atoms with Crippen molar-refractivity contribution in [2.75, 3.05) is 0 Å². The number of ketones is 1. The Morgan fingerprint density at radius 3 is 2.61 bits per heavy atom. The van der Waals surface area contributed by atoms with E-state index in [1.54, 1.807) is 16.8 Å². The number of hydrogen-bond donors (Lipinski definition) is 0. The lowest BCUT2D eigenvalue weighted by molar-refractivity contribution is 0.101. The van der Waals surface area contributed by atoms with Crippen molar-refractivity contribution in [3.05, 3.63) is 41.8 Å². The van der Waals surface area contributed by atoms with E-state index in [2.05, 4.69) is 5.10 Å². The summed E-state index contributed by atoms with van der Waals surface area (Å²) in [5, 5.41) is 4.26. The number of carbonyl (C=O) groups excluding carboxylic acids is 1. The minimum atomic E-state index is -0.298. The third-order valence-electron chi connectivity index (χ3n) is 2.71. The van der Waals surface area contributed by atoms with Gasteiger partial charge in [-0.25, -0.2) is 4.39 Å². The van der Waals surface area contributed by atoms with Gasteiger partial charge in [0, 0.05) is 18.5 Å². The van der Waals surface area contributed by atoms with Crippen LogP contribution in [0.5, 0.6) is 0 Å². The highest BCUT2D eigenvalue weighted by Gasteiger charge is 2.14. The highest BCUT2D eigenvalue weighted by Crippen LogP contribution is 2.24. The molecule has 0 aliphatic rings. The molecule has 3 nitrogen and oxygen atoms in total. The Balaban J connectivity index is 2.58. The molecule has 0 radical (unpaired) electrons. The molecule has 4 heteroatoms. The zero-order valence-electron chi connectivity index (χ0n) is 10.6. The Hall–Kier alpha value is -1.97. The van der Waals surface area contributed by atoms with E-state index in [1.165, 1.54) is 19.1 Å². The number of rotatable bonds is 3. The van der Waals surface area contributed by atoms with Gasteiger partial charge in [-0.3, -0.25) is 9.48 Å². The van der Waals surface area contributed by atoms with Gasteiger partial charge in [-0.1, -0.05) is 12.1 Å². The quantitative estimate of drug-likeness (QED) is 0.777. The van der Waals surface area contributed by atoms with Crippen LogP contribution in [-0.2, 0) is 0 Å². The molecule has 0 unspecified atom stereocenters. The normalized spacial score (nSPS) is 10.9. The first-order chi connectivity index (χ1) is 8.49. The smallest absolute Gasteiger partial charge is 0.180 e. The topological polar surface area (TPSA) is 34.9 Å². The standard InChI is InChI=1S/C14H15FN2O/c1-9(2)17-14(8-13(16-17)10(3)18)11-5-4-6-12(15)7-11/h4-9H,1-3H3. The number of Topliss-reactive ketones (excluding diaryl/α,β-unsaturated/α-hetero) is 1. The van der Waals surface area contributed by atoms with Crippen molar-refractivity contribution in [1.29, 1.82) is 0 Å². The maximum Gasteiger partial charge on any atom is 0.180 e. The molecule has 2 rings (SSSR count). The zero-order chi connectivity index (χ0) is 13.3. The van der Waals surface area contributed by atoms with Gasteiger partial charge < -0.3 is 0 Å². The third kappa shape index (κ3) is 2.32.